The third-order valence-corrected chi connectivity index (χ3v) is 3.17. The maximum absolute atomic E-state index is 12.4. The number of hydrogen-bond donors (Lipinski definition) is 1. The molecule has 0 aliphatic heterocycles. The molecule has 1 N–H and O–H groups in total. The molecule has 1 unspecified atom stereocenters. The maximum Gasteiger partial charge on any atom is 0.257 e. The summed E-state index contributed by atoms with van der Waals surface area (Å²) >= 11 is 0. The maximum atomic E-state index is 12.4. The van der Waals surface area contributed by atoms with Crippen LogP contribution in [0.1, 0.15) is 50.4 Å². The highest BCUT2D eigenvalue weighted by Crippen LogP contribution is 2.19. The number of rotatable bonds is 6. The van der Waals surface area contributed by atoms with Crippen molar-refractivity contribution in [1.82, 2.24) is 9.88 Å². The monoisotopic (exact) mass is 250 g/mol. The van der Waals surface area contributed by atoms with Gasteiger partial charge in [-0.15, -0.1) is 0 Å². The van der Waals surface area contributed by atoms with E-state index in [9.17, 15) is 9.90 Å². The van der Waals surface area contributed by atoms with E-state index >= 15 is 0 Å². The van der Waals surface area contributed by atoms with Crippen molar-refractivity contribution in [3.8, 4) is 5.75 Å². The normalized spacial score (nSPS) is 12.2. The van der Waals surface area contributed by atoms with Crippen LogP contribution in [0.4, 0.5) is 0 Å². The van der Waals surface area contributed by atoms with Crippen molar-refractivity contribution in [3.05, 3.63) is 24.0 Å². The molecule has 1 aromatic rings. The molecule has 4 nitrogen and oxygen atoms in total. The summed E-state index contributed by atoms with van der Waals surface area (Å²) in [6.45, 7) is 6.92. The van der Waals surface area contributed by atoms with Gasteiger partial charge in [-0.1, -0.05) is 20.3 Å². The molecular weight excluding hydrogens is 228 g/mol. The summed E-state index contributed by atoms with van der Waals surface area (Å²) in [7, 11) is 0. The first-order valence-corrected chi connectivity index (χ1v) is 6.55. The number of nitrogens with zero attached hydrogens (tertiary/aromatic N) is 2. The van der Waals surface area contributed by atoms with Crippen LogP contribution in [0.2, 0.25) is 0 Å². The number of carbonyl (C=O) groups excluding carboxylic acids is 1. The van der Waals surface area contributed by atoms with Crippen LogP contribution in [0.25, 0.3) is 0 Å². The van der Waals surface area contributed by atoms with Gasteiger partial charge in [0.15, 0.2) is 0 Å². The Morgan fingerprint density at radius 3 is 2.78 bits per heavy atom. The van der Waals surface area contributed by atoms with Gasteiger partial charge in [0.1, 0.15) is 5.75 Å². The molecule has 0 aromatic carbocycles. The molecule has 1 amide bonds. The van der Waals surface area contributed by atoms with E-state index in [4.69, 9.17) is 0 Å². The summed E-state index contributed by atoms with van der Waals surface area (Å²) < 4.78 is 0. The van der Waals surface area contributed by atoms with E-state index in [2.05, 4.69) is 18.8 Å². The molecule has 1 aromatic heterocycles. The molecule has 1 heterocycles. The predicted molar refractivity (Wildman–Crippen MR) is 71.6 cm³/mol. The van der Waals surface area contributed by atoms with Crippen molar-refractivity contribution < 1.29 is 9.90 Å². The first-order chi connectivity index (χ1) is 8.61. The fourth-order valence-electron chi connectivity index (χ4n) is 1.79. The molecule has 100 valence electrons. The smallest absolute Gasteiger partial charge is 0.257 e. The van der Waals surface area contributed by atoms with Gasteiger partial charge in [-0.3, -0.25) is 9.78 Å². The number of carbonyl (C=O) groups is 1. The van der Waals surface area contributed by atoms with E-state index in [-0.39, 0.29) is 17.7 Å². The second-order valence-electron chi connectivity index (χ2n) is 4.50. The molecule has 0 saturated heterocycles. The van der Waals surface area contributed by atoms with Gasteiger partial charge >= 0.3 is 0 Å². The van der Waals surface area contributed by atoms with E-state index in [0.717, 1.165) is 25.8 Å². The molecular formula is C14H22N2O2. The number of unbranched alkanes of at least 4 members (excludes halogenated alkanes) is 1. The zero-order valence-corrected chi connectivity index (χ0v) is 11.4. The molecule has 0 radical (unpaired) electrons. The number of aromatic nitrogens is 1. The van der Waals surface area contributed by atoms with E-state index in [1.54, 1.807) is 6.07 Å². The third kappa shape index (κ3) is 3.45. The fourth-order valence-corrected chi connectivity index (χ4v) is 1.79. The van der Waals surface area contributed by atoms with Crippen LogP contribution in [0.3, 0.4) is 0 Å². The van der Waals surface area contributed by atoms with Gasteiger partial charge < -0.3 is 10.0 Å². The molecule has 0 bridgehead atoms. The van der Waals surface area contributed by atoms with E-state index in [1.807, 2.05) is 11.8 Å². The highest BCUT2D eigenvalue weighted by molar-refractivity contribution is 5.96. The van der Waals surface area contributed by atoms with Crippen LogP contribution in [-0.2, 0) is 0 Å². The van der Waals surface area contributed by atoms with Gasteiger partial charge in [-0.2, -0.15) is 0 Å². The van der Waals surface area contributed by atoms with Crippen LogP contribution >= 0.6 is 0 Å². The minimum atomic E-state index is -0.113. The van der Waals surface area contributed by atoms with E-state index in [0.29, 0.717) is 5.56 Å². The lowest BCUT2D eigenvalue weighted by Crippen LogP contribution is -2.39. The SMILES string of the molecule is CCCCN(C(=O)c1ccncc1O)C(C)CC. The lowest BCUT2D eigenvalue weighted by Gasteiger charge is -2.28. The lowest BCUT2D eigenvalue weighted by molar-refractivity contribution is 0.0682. The number of pyridine rings is 1. The topological polar surface area (TPSA) is 53.4 Å². The number of aromatic hydroxyl groups is 1. The molecule has 1 rings (SSSR count). The van der Waals surface area contributed by atoms with Crippen molar-refractivity contribution in [3.63, 3.8) is 0 Å². The first-order valence-electron chi connectivity index (χ1n) is 6.55. The summed E-state index contributed by atoms with van der Waals surface area (Å²) in [5.74, 6) is -0.162. The van der Waals surface area contributed by atoms with Gasteiger partial charge in [-0.25, -0.2) is 0 Å². The Labute approximate surface area is 109 Å². The Morgan fingerprint density at radius 2 is 2.22 bits per heavy atom. The zero-order valence-electron chi connectivity index (χ0n) is 11.4. The Hall–Kier alpha value is -1.58. The second-order valence-corrected chi connectivity index (χ2v) is 4.50. The Bertz CT molecular complexity index is 393. The molecule has 0 aliphatic carbocycles. The van der Waals surface area contributed by atoms with Crippen molar-refractivity contribution in [2.24, 2.45) is 0 Å². The summed E-state index contributed by atoms with van der Waals surface area (Å²) in [4.78, 5) is 18.0. The van der Waals surface area contributed by atoms with Gasteiger partial charge in [0.25, 0.3) is 5.91 Å². The van der Waals surface area contributed by atoms with Crippen LogP contribution in [0, 0.1) is 0 Å². The Morgan fingerprint density at radius 1 is 1.50 bits per heavy atom. The van der Waals surface area contributed by atoms with E-state index in [1.165, 1.54) is 12.4 Å². The Balaban J connectivity index is 2.91. The largest absolute Gasteiger partial charge is 0.505 e. The van der Waals surface area contributed by atoms with Gasteiger partial charge in [0.05, 0.1) is 11.8 Å². The van der Waals surface area contributed by atoms with Crippen LogP contribution in [0.5, 0.6) is 5.75 Å². The summed E-state index contributed by atoms with van der Waals surface area (Å²) in [5, 5.41) is 9.70. The van der Waals surface area contributed by atoms with Gasteiger partial charge in [-0.05, 0) is 25.8 Å². The minimum absolute atomic E-state index is 0.0488. The average molecular weight is 250 g/mol. The molecule has 0 saturated carbocycles. The minimum Gasteiger partial charge on any atom is -0.505 e. The van der Waals surface area contributed by atoms with E-state index < -0.39 is 0 Å². The quantitative estimate of drug-likeness (QED) is 0.844. The summed E-state index contributed by atoms with van der Waals surface area (Å²) in [6, 6.07) is 1.75. The molecule has 0 aliphatic rings. The van der Waals surface area contributed by atoms with Gasteiger partial charge in [0, 0.05) is 18.8 Å². The lowest BCUT2D eigenvalue weighted by atomic mass is 10.1. The zero-order chi connectivity index (χ0) is 13.5. The van der Waals surface area contributed by atoms with Crippen molar-refractivity contribution in [1.29, 1.82) is 0 Å². The highest BCUT2D eigenvalue weighted by atomic mass is 16.3. The van der Waals surface area contributed by atoms with Crippen LogP contribution < -0.4 is 0 Å². The second kappa shape index (κ2) is 6.99. The molecule has 0 spiro atoms. The number of amides is 1. The van der Waals surface area contributed by atoms with Crippen LogP contribution in [0.15, 0.2) is 18.5 Å². The molecule has 0 fully saturated rings. The average Bonchev–Trinajstić information content (AvgIpc) is 2.39. The number of hydrogen-bond acceptors (Lipinski definition) is 3. The summed E-state index contributed by atoms with van der Waals surface area (Å²) in [5.41, 5.74) is 0.335. The molecule has 4 heteroatoms. The van der Waals surface area contributed by atoms with Crippen LogP contribution in [-0.4, -0.2) is 33.5 Å². The van der Waals surface area contributed by atoms with Crippen molar-refractivity contribution >= 4 is 5.91 Å². The standard InChI is InChI=1S/C14H22N2O2/c1-4-6-9-16(11(3)5-2)14(18)12-7-8-15-10-13(12)17/h7-8,10-11,17H,4-6,9H2,1-3H3. The molecule has 1 atom stereocenters. The third-order valence-electron chi connectivity index (χ3n) is 3.17. The summed E-state index contributed by atoms with van der Waals surface area (Å²) in [6.07, 6.45) is 5.76. The van der Waals surface area contributed by atoms with Crippen molar-refractivity contribution in [2.45, 2.75) is 46.1 Å². The Kier molecular flexibility index (Phi) is 5.62. The highest BCUT2D eigenvalue weighted by Gasteiger charge is 2.22. The fraction of sp³-hybridized carbons (Fsp3) is 0.571. The van der Waals surface area contributed by atoms with Gasteiger partial charge in [0.2, 0.25) is 0 Å². The first kappa shape index (κ1) is 14.5. The predicted octanol–water partition coefficient (Wildman–Crippen LogP) is 2.83. The molecule has 18 heavy (non-hydrogen) atoms. The van der Waals surface area contributed by atoms with Crippen molar-refractivity contribution in [2.75, 3.05) is 6.54 Å².